The van der Waals surface area contributed by atoms with Crippen molar-refractivity contribution < 1.29 is 19.1 Å². The van der Waals surface area contributed by atoms with Crippen LogP contribution in [-0.4, -0.2) is 22.6 Å². The molecule has 1 aromatic carbocycles. The van der Waals surface area contributed by atoms with E-state index in [1.807, 2.05) is 36.5 Å². The van der Waals surface area contributed by atoms with E-state index in [4.69, 9.17) is 9.15 Å². The first-order valence-corrected chi connectivity index (χ1v) is 7.08. The van der Waals surface area contributed by atoms with Gasteiger partial charge in [-0.15, -0.1) is 0 Å². The lowest BCUT2D eigenvalue weighted by molar-refractivity contribution is 0.0699. The zero-order valence-electron chi connectivity index (χ0n) is 12.3. The van der Waals surface area contributed by atoms with Crippen LogP contribution in [0.5, 0.6) is 5.75 Å². The second-order valence-electron chi connectivity index (χ2n) is 5.23. The summed E-state index contributed by atoms with van der Waals surface area (Å²) in [5.41, 5.74) is 2.08. The van der Waals surface area contributed by atoms with Crippen LogP contribution in [-0.2, 0) is 0 Å². The number of hydrogen-bond acceptors (Lipinski definition) is 3. The first-order chi connectivity index (χ1) is 11.2. The summed E-state index contributed by atoms with van der Waals surface area (Å²) in [6, 6.07) is 12.8. The number of carbonyl (C=O) groups is 1. The normalized spacial score (nSPS) is 11.2. The number of hydrogen-bond donors (Lipinski definition) is 1. The van der Waals surface area contributed by atoms with Crippen LogP contribution in [0, 0.1) is 0 Å². The number of nitrogens with zero attached hydrogens (tertiary/aromatic N) is 1. The van der Waals surface area contributed by atoms with Crippen LogP contribution in [0.25, 0.3) is 27.8 Å². The molecule has 0 saturated carbocycles. The summed E-state index contributed by atoms with van der Waals surface area (Å²) in [6.07, 6.45) is 3.59. The molecule has 0 bridgehead atoms. The Morgan fingerprint density at radius 2 is 2.09 bits per heavy atom. The molecule has 4 rings (SSSR count). The quantitative estimate of drug-likeness (QED) is 0.620. The molecule has 23 heavy (non-hydrogen) atoms. The van der Waals surface area contributed by atoms with Gasteiger partial charge in [0, 0.05) is 23.8 Å². The molecule has 0 amide bonds. The van der Waals surface area contributed by atoms with Crippen molar-refractivity contribution in [2.75, 3.05) is 7.11 Å². The number of aromatic carboxylic acids is 1. The van der Waals surface area contributed by atoms with Gasteiger partial charge in [0.15, 0.2) is 0 Å². The fraction of sp³-hybridized carbons (Fsp3) is 0.0556. The van der Waals surface area contributed by atoms with Crippen LogP contribution in [0.15, 0.2) is 59.3 Å². The highest BCUT2D eigenvalue weighted by Crippen LogP contribution is 2.34. The van der Waals surface area contributed by atoms with Gasteiger partial charge in [0.2, 0.25) is 0 Å². The Hall–Kier alpha value is -3.21. The van der Waals surface area contributed by atoms with E-state index in [-0.39, 0.29) is 5.56 Å². The molecule has 4 aromatic rings. The molecule has 5 nitrogen and oxygen atoms in total. The smallest absolute Gasteiger partial charge is 0.338 e. The minimum Gasteiger partial charge on any atom is -0.497 e. The number of aromatic nitrogens is 1. The van der Waals surface area contributed by atoms with Gasteiger partial charge in [0.1, 0.15) is 17.1 Å². The highest BCUT2D eigenvalue weighted by molar-refractivity contribution is 6.03. The Kier molecular flexibility index (Phi) is 2.87. The van der Waals surface area contributed by atoms with Crippen LogP contribution in [0.1, 0.15) is 10.4 Å². The predicted octanol–water partition coefficient (Wildman–Crippen LogP) is 4.06. The molecule has 0 spiro atoms. The number of rotatable bonds is 3. The maximum Gasteiger partial charge on any atom is 0.338 e. The third kappa shape index (κ3) is 2.05. The molecule has 0 aliphatic rings. The third-order valence-electron chi connectivity index (χ3n) is 3.89. The second kappa shape index (κ2) is 4.91. The molecule has 5 heteroatoms. The number of fused-ring (bicyclic) bond motifs is 2. The molecule has 3 heterocycles. The summed E-state index contributed by atoms with van der Waals surface area (Å²) in [5.74, 6) is 0.236. The molecule has 0 radical (unpaired) electrons. The monoisotopic (exact) mass is 307 g/mol. The van der Waals surface area contributed by atoms with Crippen molar-refractivity contribution in [2.45, 2.75) is 0 Å². The average molecular weight is 307 g/mol. The molecular formula is C18H13NO4. The number of carboxylic acid groups (broad SMARTS) is 1. The molecule has 0 saturated heterocycles. The molecular weight excluding hydrogens is 294 g/mol. The van der Waals surface area contributed by atoms with Crippen molar-refractivity contribution in [3.63, 3.8) is 0 Å². The summed E-state index contributed by atoms with van der Waals surface area (Å²) >= 11 is 0. The van der Waals surface area contributed by atoms with Crippen molar-refractivity contribution in [3.8, 4) is 17.1 Å². The van der Waals surface area contributed by atoms with Crippen LogP contribution < -0.4 is 4.74 Å². The van der Waals surface area contributed by atoms with Gasteiger partial charge in [0.05, 0.1) is 23.8 Å². The number of benzene rings is 1. The summed E-state index contributed by atoms with van der Waals surface area (Å²) in [5, 5.41) is 10.5. The van der Waals surface area contributed by atoms with Gasteiger partial charge in [-0.3, -0.25) is 0 Å². The summed E-state index contributed by atoms with van der Waals surface area (Å²) in [4.78, 5) is 11.7. The highest BCUT2D eigenvalue weighted by atomic mass is 16.5. The van der Waals surface area contributed by atoms with E-state index >= 15 is 0 Å². The average Bonchev–Trinajstić information content (AvgIpc) is 3.14. The lowest BCUT2D eigenvalue weighted by Gasteiger charge is -1.97. The maximum atomic E-state index is 11.7. The zero-order valence-corrected chi connectivity index (χ0v) is 12.3. The van der Waals surface area contributed by atoms with Crippen LogP contribution in [0.2, 0.25) is 0 Å². The molecule has 0 unspecified atom stereocenters. The summed E-state index contributed by atoms with van der Waals surface area (Å²) < 4.78 is 12.8. The Labute approximate surface area is 131 Å². The topological polar surface area (TPSA) is 64.1 Å². The van der Waals surface area contributed by atoms with E-state index < -0.39 is 5.97 Å². The molecule has 3 aromatic heterocycles. The van der Waals surface area contributed by atoms with E-state index in [1.165, 1.54) is 0 Å². The second-order valence-corrected chi connectivity index (χ2v) is 5.23. The van der Waals surface area contributed by atoms with Crippen LogP contribution in [0.4, 0.5) is 0 Å². The minimum atomic E-state index is -0.980. The maximum absolute atomic E-state index is 11.7. The number of carboxylic acids is 1. The standard InChI is InChI=1S/C18H13NO4/c1-22-12-6-5-11-8-16(23-15(11)9-12)13-10-19-7-3-2-4-14(19)17(13)18(20)21/h2-10H,1H3,(H,20,21). The van der Waals surface area contributed by atoms with Crippen molar-refractivity contribution >= 4 is 22.5 Å². The van der Waals surface area contributed by atoms with Crippen molar-refractivity contribution in [2.24, 2.45) is 0 Å². The van der Waals surface area contributed by atoms with Gasteiger partial charge < -0.3 is 18.7 Å². The molecule has 1 N–H and O–H groups in total. The Morgan fingerprint density at radius 3 is 2.87 bits per heavy atom. The minimum absolute atomic E-state index is 0.233. The summed E-state index contributed by atoms with van der Waals surface area (Å²) in [7, 11) is 1.59. The fourth-order valence-electron chi connectivity index (χ4n) is 2.80. The lowest BCUT2D eigenvalue weighted by Crippen LogP contribution is -1.97. The lowest BCUT2D eigenvalue weighted by atomic mass is 10.1. The molecule has 0 atom stereocenters. The van der Waals surface area contributed by atoms with Gasteiger partial charge >= 0.3 is 5.97 Å². The predicted molar refractivity (Wildman–Crippen MR) is 86.1 cm³/mol. The first-order valence-electron chi connectivity index (χ1n) is 7.08. The van der Waals surface area contributed by atoms with Crippen molar-refractivity contribution in [3.05, 3.63) is 60.4 Å². The van der Waals surface area contributed by atoms with Crippen LogP contribution >= 0.6 is 0 Å². The largest absolute Gasteiger partial charge is 0.497 e. The fourth-order valence-corrected chi connectivity index (χ4v) is 2.80. The van der Waals surface area contributed by atoms with Gasteiger partial charge in [0.25, 0.3) is 0 Å². The molecule has 0 aliphatic carbocycles. The molecule has 0 fully saturated rings. The Balaban J connectivity index is 1.98. The van der Waals surface area contributed by atoms with E-state index in [1.54, 1.807) is 29.8 Å². The van der Waals surface area contributed by atoms with Gasteiger partial charge in [-0.25, -0.2) is 4.79 Å². The van der Waals surface area contributed by atoms with E-state index in [0.29, 0.717) is 28.2 Å². The number of methoxy groups -OCH3 is 1. The summed E-state index contributed by atoms with van der Waals surface area (Å²) in [6.45, 7) is 0. The van der Waals surface area contributed by atoms with E-state index in [9.17, 15) is 9.90 Å². The van der Waals surface area contributed by atoms with Crippen molar-refractivity contribution in [1.29, 1.82) is 0 Å². The number of pyridine rings is 1. The molecule has 114 valence electrons. The molecule has 0 aliphatic heterocycles. The van der Waals surface area contributed by atoms with Gasteiger partial charge in [-0.1, -0.05) is 6.07 Å². The Morgan fingerprint density at radius 1 is 1.22 bits per heavy atom. The van der Waals surface area contributed by atoms with E-state index in [0.717, 1.165) is 5.39 Å². The highest BCUT2D eigenvalue weighted by Gasteiger charge is 2.20. The SMILES string of the molecule is COc1ccc2cc(-c3cn4ccccc4c3C(=O)O)oc2c1. The number of furan rings is 1. The zero-order chi connectivity index (χ0) is 16.0. The Bertz CT molecular complexity index is 1040. The van der Waals surface area contributed by atoms with Gasteiger partial charge in [-0.2, -0.15) is 0 Å². The number of ether oxygens (including phenoxy) is 1. The van der Waals surface area contributed by atoms with E-state index in [2.05, 4.69) is 0 Å². The first kappa shape index (κ1) is 13.5. The van der Waals surface area contributed by atoms with Gasteiger partial charge in [-0.05, 0) is 30.3 Å². The van der Waals surface area contributed by atoms with Crippen molar-refractivity contribution in [1.82, 2.24) is 4.40 Å². The third-order valence-corrected chi connectivity index (χ3v) is 3.89. The van der Waals surface area contributed by atoms with Crippen LogP contribution in [0.3, 0.4) is 0 Å².